The molecular formula is C12H15Cl2O3. The van der Waals surface area contributed by atoms with E-state index in [0.29, 0.717) is 36.5 Å². The Hall–Kier alpha value is -0.800. The second-order valence-electron chi connectivity index (χ2n) is 3.39. The van der Waals surface area contributed by atoms with Gasteiger partial charge in [-0.1, -0.05) is 0 Å². The van der Waals surface area contributed by atoms with Gasteiger partial charge >= 0.3 is 0 Å². The molecule has 0 unspecified atom stereocenters. The van der Waals surface area contributed by atoms with Gasteiger partial charge in [-0.3, -0.25) is 5.11 Å². The third-order valence-corrected chi connectivity index (χ3v) is 2.53. The van der Waals surface area contributed by atoms with Gasteiger partial charge in [-0.2, -0.15) is 0 Å². The third kappa shape index (κ3) is 5.37. The molecule has 0 bridgehead atoms. The minimum absolute atomic E-state index is 0.178. The summed E-state index contributed by atoms with van der Waals surface area (Å²) in [6.07, 6.45) is 1.47. The predicted octanol–water partition coefficient (Wildman–Crippen LogP) is 3.85. The number of hydrogen-bond acceptors (Lipinski definition) is 2. The summed E-state index contributed by atoms with van der Waals surface area (Å²) in [5.41, 5.74) is 0. The molecule has 0 fully saturated rings. The molecule has 5 heteroatoms. The molecule has 0 atom stereocenters. The Kier molecular flexibility index (Phi) is 6.97. The normalized spacial score (nSPS) is 10.2. The number of benzene rings is 1. The van der Waals surface area contributed by atoms with Crippen LogP contribution >= 0.6 is 23.2 Å². The Bertz CT molecular complexity index is 332. The molecule has 1 aromatic rings. The number of hydrogen-bond donors (Lipinski definition) is 0. The summed E-state index contributed by atoms with van der Waals surface area (Å²) in [4.78, 5) is 0. The lowest BCUT2D eigenvalue weighted by Crippen LogP contribution is -1.99. The van der Waals surface area contributed by atoms with Crippen LogP contribution in [0.15, 0.2) is 18.2 Å². The quantitative estimate of drug-likeness (QED) is 0.535. The van der Waals surface area contributed by atoms with Gasteiger partial charge in [-0.05, 0) is 25.0 Å². The van der Waals surface area contributed by atoms with Crippen LogP contribution in [0, 0.1) is 0 Å². The van der Waals surface area contributed by atoms with Crippen LogP contribution in [0.3, 0.4) is 0 Å². The van der Waals surface area contributed by atoms with Crippen molar-refractivity contribution in [1.82, 2.24) is 0 Å². The van der Waals surface area contributed by atoms with Crippen molar-refractivity contribution in [3.8, 4) is 17.2 Å². The Morgan fingerprint density at radius 1 is 1.00 bits per heavy atom. The Morgan fingerprint density at radius 2 is 1.65 bits per heavy atom. The van der Waals surface area contributed by atoms with Crippen LogP contribution in [0.1, 0.15) is 12.8 Å². The monoisotopic (exact) mass is 277 g/mol. The molecule has 0 aliphatic carbocycles. The molecule has 0 saturated carbocycles. The molecule has 0 heterocycles. The van der Waals surface area contributed by atoms with E-state index in [1.807, 2.05) is 0 Å². The van der Waals surface area contributed by atoms with Crippen LogP contribution in [0.4, 0.5) is 0 Å². The van der Waals surface area contributed by atoms with Crippen LogP contribution in [-0.2, 0) is 5.11 Å². The molecule has 0 N–H and O–H groups in total. The standard InChI is InChI=1S/C12H15Cl2O3/c13-5-1-7-16-10-3-4-12(11(15)9-10)17-8-2-6-14/h3-4,9H,1-2,5-8H2. The van der Waals surface area contributed by atoms with E-state index < -0.39 is 0 Å². The number of rotatable bonds is 8. The molecule has 95 valence electrons. The van der Waals surface area contributed by atoms with Gasteiger partial charge in [0.1, 0.15) is 5.75 Å². The van der Waals surface area contributed by atoms with Gasteiger partial charge in [0.2, 0.25) is 5.75 Å². The highest BCUT2D eigenvalue weighted by atomic mass is 35.5. The first-order chi connectivity index (χ1) is 8.27. The molecule has 0 amide bonds. The van der Waals surface area contributed by atoms with Gasteiger partial charge in [0.15, 0.2) is 5.75 Å². The van der Waals surface area contributed by atoms with E-state index in [1.54, 1.807) is 12.1 Å². The number of alkyl halides is 2. The lowest BCUT2D eigenvalue weighted by molar-refractivity contribution is 0.271. The molecule has 0 spiro atoms. The average molecular weight is 278 g/mol. The van der Waals surface area contributed by atoms with Crippen molar-refractivity contribution < 1.29 is 14.6 Å². The summed E-state index contributed by atoms with van der Waals surface area (Å²) < 4.78 is 10.6. The first-order valence-electron chi connectivity index (χ1n) is 5.46. The fourth-order valence-electron chi connectivity index (χ4n) is 1.18. The summed E-state index contributed by atoms with van der Waals surface area (Å²) >= 11 is 11.0. The first-order valence-corrected chi connectivity index (χ1v) is 6.53. The van der Waals surface area contributed by atoms with Crippen molar-refractivity contribution >= 4 is 23.2 Å². The van der Waals surface area contributed by atoms with Crippen molar-refractivity contribution in [2.24, 2.45) is 0 Å². The van der Waals surface area contributed by atoms with Gasteiger partial charge in [0.25, 0.3) is 0 Å². The van der Waals surface area contributed by atoms with Crippen molar-refractivity contribution in [2.45, 2.75) is 12.8 Å². The number of halogens is 2. The molecule has 1 rings (SSSR count). The van der Waals surface area contributed by atoms with E-state index in [4.69, 9.17) is 32.7 Å². The van der Waals surface area contributed by atoms with E-state index in [-0.39, 0.29) is 5.75 Å². The lowest BCUT2D eigenvalue weighted by Gasteiger charge is -2.08. The highest BCUT2D eigenvalue weighted by molar-refractivity contribution is 6.18. The second-order valence-corrected chi connectivity index (χ2v) is 4.15. The van der Waals surface area contributed by atoms with Crippen LogP contribution < -0.4 is 9.47 Å². The lowest BCUT2D eigenvalue weighted by atomic mass is 10.3. The highest BCUT2D eigenvalue weighted by Crippen LogP contribution is 2.30. The SMILES string of the molecule is [O]c1cc(OCCCCl)ccc1OCCCCl. The first kappa shape index (κ1) is 14.3. The van der Waals surface area contributed by atoms with Gasteiger partial charge < -0.3 is 9.47 Å². The summed E-state index contributed by atoms with van der Waals surface area (Å²) in [7, 11) is 0. The average Bonchev–Trinajstić information content (AvgIpc) is 2.32. The zero-order chi connectivity index (χ0) is 12.5. The molecule has 0 aliphatic heterocycles. The van der Waals surface area contributed by atoms with Gasteiger partial charge in [0.05, 0.1) is 13.2 Å². The summed E-state index contributed by atoms with van der Waals surface area (Å²) in [6, 6.07) is 4.75. The fourth-order valence-corrected chi connectivity index (χ4v) is 1.40. The van der Waals surface area contributed by atoms with Crippen molar-refractivity contribution in [2.75, 3.05) is 25.0 Å². The largest absolute Gasteiger partial charge is 0.493 e. The minimum atomic E-state index is -0.178. The molecule has 17 heavy (non-hydrogen) atoms. The second kappa shape index (κ2) is 8.31. The molecule has 1 aromatic carbocycles. The van der Waals surface area contributed by atoms with E-state index in [9.17, 15) is 5.11 Å². The van der Waals surface area contributed by atoms with Gasteiger partial charge in [-0.25, -0.2) is 0 Å². The van der Waals surface area contributed by atoms with Crippen LogP contribution in [-0.4, -0.2) is 25.0 Å². The minimum Gasteiger partial charge on any atom is -0.493 e. The molecule has 0 saturated heterocycles. The third-order valence-electron chi connectivity index (χ3n) is 2.00. The van der Waals surface area contributed by atoms with Crippen molar-refractivity contribution in [3.63, 3.8) is 0 Å². The summed E-state index contributed by atoms with van der Waals surface area (Å²) in [5, 5.41) is 11.6. The van der Waals surface area contributed by atoms with E-state index in [2.05, 4.69) is 0 Å². The number of ether oxygens (including phenoxy) is 2. The molecule has 0 aliphatic rings. The summed E-state index contributed by atoms with van der Waals surface area (Å²) in [6.45, 7) is 0.959. The van der Waals surface area contributed by atoms with Crippen molar-refractivity contribution in [3.05, 3.63) is 18.2 Å². The van der Waals surface area contributed by atoms with Crippen molar-refractivity contribution in [1.29, 1.82) is 0 Å². The molecule has 0 aromatic heterocycles. The van der Waals surface area contributed by atoms with Gasteiger partial charge in [0, 0.05) is 17.8 Å². The van der Waals surface area contributed by atoms with E-state index in [1.165, 1.54) is 6.07 Å². The zero-order valence-electron chi connectivity index (χ0n) is 9.46. The van der Waals surface area contributed by atoms with Gasteiger partial charge in [-0.15, -0.1) is 23.2 Å². The highest BCUT2D eigenvalue weighted by Gasteiger charge is 2.06. The summed E-state index contributed by atoms with van der Waals surface area (Å²) in [5.74, 6) is 1.77. The topological polar surface area (TPSA) is 38.4 Å². The molecule has 3 nitrogen and oxygen atoms in total. The maximum Gasteiger partial charge on any atom is 0.224 e. The Balaban J connectivity index is 2.47. The maximum absolute atomic E-state index is 11.6. The molecular weight excluding hydrogens is 263 g/mol. The zero-order valence-corrected chi connectivity index (χ0v) is 11.0. The van der Waals surface area contributed by atoms with E-state index >= 15 is 0 Å². The fraction of sp³-hybridized carbons (Fsp3) is 0.500. The Morgan fingerprint density at radius 3 is 2.24 bits per heavy atom. The molecule has 1 radical (unpaired) electrons. The van der Waals surface area contributed by atoms with Crippen LogP contribution in [0.25, 0.3) is 0 Å². The van der Waals surface area contributed by atoms with Crippen LogP contribution in [0.2, 0.25) is 0 Å². The smallest absolute Gasteiger partial charge is 0.224 e. The predicted molar refractivity (Wildman–Crippen MR) is 68.2 cm³/mol. The maximum atomic E-state index is 11.6. The van der Waals surface area contributed by atoms with E-state index in [0.717, 1.165) is 12.8 Å². The van der Waals surface area contributed by atoms with Crippen LogP contribution in [0.5, 0.6) is 17.2 Å². The Labute approximate surface area is 111 Å².